The molecule has 1 fully saturated rings. The van der Waals surface area contributed by atoms with Crippen LogP contribution in [0.4, 0.5) is 15.8 Å². The summed E-state index contributed by atoms with van der Waals surface area (Å²) in [6.45, 7) is 1.93. The number of halogens is 2. The lowest BCUT2D eigenvalue weighted by Gasteiger charge is -2.26. The first-order valence-corrected chi connectivity index (χ1v) is 9.53. The number of piperidine rings is 1. The van der Waals surface area contributed by atoms with Crippen molar-refractivity contribution in [3.05, 3.63) is 35.6 Å². The summed E-state index contributed by atoms with van der Waals surface area (Å²) < 4.78 is 15.1. The number of hydrogen-bond acceptors (Lipinski definition) is 5. The van der Waals surface area contributed by atoms with E-state index >= 15 is 0 Å². The van der Waals surface area contributed by atoms with Gasteiger partial charge in [-0.1, -0.05) is 11.6 Å². The summed E-state index contributed by atoms with van der Waals surface area (Å²) in [5.74, 6) is -0.811. The number of carbonyl (C=O) groups excluding carboxylic acids is 2. The molecule has 8 nitrogen and oxygen atoms in total. The van der Waals surface area contributed by atoms with Gasteiger partial charge in [0, 0.05) is 38.4 Å². The Hall–Kier alpha value is -2.68. The van der Waals surface area contributed by atoms with E-state index in [0.717, 1.165) is 38.5 Å². The normalized spacial score (nSPS) is 14.0. The van der Waals surface area contributed by atoms with Gasteiger partial charge in [-0.15, -0.1) is 0 Å². The predicted molar refractivity (Wildman–Crippen MR) is 104 cm³/mol. The first-order chi connectivity index (χ1) is 13.5. The van der Waals surface area contributed by atoms with Crippen molar-refractivity contribution < 1.29 is 14.0 Å². The zero-order chi connectivity index (χ0) is 19.9. The number of hydrogen-bond donors (Lipinski definition) is 2. The molecule has 3 heterocycles. The van der Waals surface area contributed by atoms with Crippen LogP contribution in [0.1, 0.15) is 25.7 Å². The van der Waals surface area contributed by atoms with Crippen LogP contribution in [0.15, 0.2) is 24.8 Å². The molecular weight excluding hydrogens is 387 g/mol. The molecule has 28 heavy (non-hydrogen) atoms. The van der Waals surface area contributed by atoms with Crippen LogP contribution in [-0.4, -0.2) is 51.1 Å². The summed E-state index contributed by atoms with van der Waals surface area (Å²) >= 11 is 5.87. The van der Waals surface area contributed by atoms with E-state index in [1.54, 1.807) is 6.20 Å². The lowest BCUT2D eigenvalue weighted by Crippen LogP contribution is -2.37. The molecule has 2 amide bonds. The summed E-state index contributed by atoms with van der Waals surface area (Å²) in [5, 5.41) is 9.76. The Morgan fingerprint density at radius 1 is 1.18 bits per heavy atom. The average Bonchev–Trinajstić information content (AvgIpc) is 3.11. The average molecular weight is 409 g/mol. The Kier molecular flexibility index (Phi) is 6.80. The van der Waals surface area contributed by atoms with Crippen LogP contribution in [-0.2, 0) is 16.1 Å². The first kappa shape index (κ1) is 20.1. The maximum absolute atomic E-state index is 13.6. The van der Waals surface area contributed by atoms with E-state index in [2.05, 4.69) is 20.7 Å². The number of anilines is 2. The molecule has 0 aliphatic carbocycles. The van der Waals surface area contributed by atoms with Crippen molar-refractivity contribution in [2.45, 2.75) is 32.2 Å². The summed E-state index contributed by atoms with van der Waals surface area (Å²) in [6.07, 6.45) is 8.83. The second-order valence-electron chi connectivity index (χ2n) is 6.57. The Labute approximate surface area is 167 Å². The standard InChI is InChI=1S/C18H22ClFN6O2/c19-14-9-21-10-15(20)18(14)22-5-4-16(27)24-13-8-23-26(11-13)12-17(28)25-6-2-1-3-7-25/h8-11H,1-7,12H2,(H,21,22)(H,24,27). The molecule has 0 unspecified atom stereocenters. The van der Waals surface area contributed by atoms with Crippen LogP contribution < -0.4 is 10.6 Å². The minimum absolute atomic E-state index is 0.0288. The van der Waals surface area contributed by atoms with E-state index in [4.69, 9.17) is 11.6 Å². The maximum Gasteiger partial charge on any atom is 0.244 e. The lowest BCUT2D eigenvalue weighted by atomic mass is 10.1. The minimum atomic E-state index is -0.576. The minimum Gasteiger partial charge on any atom is -0.381 e. The largest absolute Gasteiger partial charge is 0.381 e. The van der Waals surface area contributed by atoms with Crippen molar-refractivity contribution in [1.82, 2.24) is 19.7 Å². The summed E-state index contributed by atoms with van der Waals surface area (Å²) in [4.78, 5) is 29.8. The van der Waals surface area contributed by atoms with Gasteiger partial charge in [-0.05, 0) is 19.3 Å². The highest BCUT2D eigenvalue weighted by Crippen LogP contribution is 2.23. The van der Waals surface area contributed by atoms with E-state index in [-0.39, 0.29) is 42.0 Å². The van der Waals surface area contributed by atoms with Gasteiger partial charge in [0.15, 0.2) is 5.82 Å². The molecule has 10 heteroatoms. The zero-order valence-electron chi connectivity index (χ0n) is 15.3. The van der Waals surface area contributed by atoms with E-state index in [1.807, 2.05) is 4.90 Å². The third-order valence-electron chi connectivity index (χ3n) is 4.43. The quantitative estimate of drug-likeness (QED) is 0.734. The van der Waals surface area contributed by atoms with Gasteiger partial charge in [0.2, 0.25) is 11.8 Å². The molecule has 0 aromatic carbocycles. The van der Waals surface area contributed by atoms with Gasteiger partial charge in [0.1, 0.15) is 6.54 Å². The van der Waals surface area contributed by atoms with Crippen LogP contribution in [0.5, 0.6) is 0 Å². The van der Waals surface area contributed by atoms with Gasteiger partial charge in [-0.3, -0.25) is 19.3 Å². The summed E-state index contributed by atoms with van der Waals surface area (Å²) in [5.41, 5.74) is 0.623. The second-order valence-corrected chi connectivity index (χ2v) is 6.98. The fourth-order valence-electron chi connectivity index (χ4n) is 3.00. The SMILES string of the molecule is O=C(CCNc1c(F)cncc1Cl)Nc1cnn(CC(=O)N2CCCCC2)c1. The van der Waals surface area contributed by atoms with Gasteiger partial charge >= 0.3 is 0 Å². The zero-order valence-corrected chi connectivity index (χ0v) is 16.1. The van der Waals surface area contributed by atoms with Crippen LogP contribution in [0.25, 0.3) is 0 Å². The second kappa shape index (κ2) is 9.50. The van der Waals surface area contributed by atoms with Crippen molar-refractivity contribution in [3.63, 3.8) is 0 Å². The Bertz CT molecular complexity index is 817. The third kappa shape index (κ3) is 5.41. The van der Waals surface area contributed by atoms with Gasteiger partial charge < -0.3 is 15.5 Å². The van der Waals surface area contributed by atoms with E-state index < -0.39 is 5.82 Å². The highest BCUT2D eigenvalue weighted by atomic mass is 35.5. The van der Waals surface area contributed by atoms with Crippen molar-refractivity contribution in [2.75, 3.05) is 30.3 Å². The molecule has 1 aliphatic rings. The monoisotopic (exact) mass is 408 g/mol. The van der Waals surface area contributed by atoms with Crippen LogP contribution >= 0.6 is 11.6 Å². The molecule has 0 spiro atoms. The first-order valence-electron chi connectivity index (χ1n) is 9.16. The molecule has 3 rings (SSSR count). The number of carbonyl (C=O) groups is 2. The molecular formula is C18H22ClFN6O2. The molecule has 0 atom stereocenters. The molecule has 150 valence electrons. The maximum atomic E-state index is 13.6. The Morgan fingerprint density at radius 3 is 2.71 bits per heavy atom. The third-order valence-corrected chi connectivity index (χ3v) is 4.72. The van der Waals surface area contributed by atoms with Gasteiger partial charge in [0.25, 0.3) is 0 Å². The van der Waals surface area contributed by atoms with Crippen LogP contribution in [0.2, 0.25) is 5.02 Å². The summed E-state index contributed by atoms with van der Waals surface area (Å²) in [6, 6.07) is 0. The lowest BCUT2D eigenvalue weighted by molar-refractivity contribution is -0.132. The van der Waals surface area contributed by atoms with E-state index in [0.29, 0.717) is 5.69 Å². The fraction of sp³-hybridized carbons (Fsp3) is 0.444. The molecule has 1 aliphatic heterocycles. The molecule has 0 bridgehead atoms. The van der Waals surface area contributed by atoms with E-state index in [1.165, 1.54) is 17.1 Å². The van der Waals surface area contributed by atoms with Crippen molar-refractivity contribution in [1.29, 1.82) is 0 Å². The fourth-order valence-corrected chi connectivity index (χ4v) is 3.21. The van der Waals surface area contributed by atoms with Gasteiger partial charge in [-0.2, -0.15) is 5.10 Å². The number of nitrogens with zero attached hydrogens (tertiary/aromatic N) is 4. The molecule has 2 N–H and O–H groups in total. The molecule has 1 saturated heterocycles. The van der Waals surface area contributed by atoms with Crippen molar-refractivity contribution >= 4 is 34.8 Å². The molecule has 2 aromatic heterocycles. The number of aromatic nitrogens is 3. The summed E-state index contributed by atoms with van der Waals surface area (Å²) in [7, 11) is 0. The number of pyridine rings is 1. The van der Waals surface area contributed by atoms with Crippen molar-refractivity contribution in [2.24, 2.45) is 0 Å². The predicted octanol–water partition coefficient (Wildman–Crippen LogP) is 2.52. The number of rotatable bonds is 7. The smallest absolute Gasteiger partial charge is 0.244 e. The Morgan fingerprint density at radius 2 is 1.96 bits per heavy atom. The van der Waals surface area contributed by atoms with Gasteiger partial charge in [-0.25, -0.2) is 4.39 Å². The van der Waals surface area contributed by atoms with Crippen LogP contribution in [0.3, 0.4) is 0 Å². The topological polar surface area (TPSA) is 92.1 Å². The highest BCUT2D eigenvalue weighted by Gasteiger charge is 2.17. The van der Waals surface area contributed by atoms with Gasteiger partial charge in [0.05, 0.1) is 28.8 Å². The molecule has 2 aromatic rings. The van der Waals surface area contributed by atoms with Crippen LogP contribution in [0, 0.1) is 5.82 Å². The Balaban J connectivity index is 1.44. The molecule has 0 saturated carbocycles. The van der Waals surface area contributed by atoms with Crippen molar-refractivity contribution in [3.8, 4) is 0 Å². The molecule has 0 radical (unpaired) electrons. The number of nitrogens with one attached hydrogen (secondary N) is 2. The number of amides is 2. The number of likely N-dealkylation sites (tertiary alicyclic amines) is 1. The van der Waals surface area contributed by atoms with E-state index in [9.17, 15) is 14.0 Å². The highest BCUT2D eigenvalue weighted by molar-refractivity contribution is 6.33.